The van der Waals surface area contributed by atoms with Gasteiger partial charge in [0.05, 0.1) is 12.6 Å². The molecule has 7 heteroatoms. The van der Waals surface area contributed by atoms with Crippen molar-refractivity contribution < 1.29 is 0 Å². The zero-order chi connectivity index (χ0) is 26.7. The van der Waals surface area contributed by atoms with Crippen molar-refractivity contribution in [3.05, 3.63) is 126 Å². The van der Waals surface area contributed by atoms with Crippen LogP contribution in [0, 0.1) is 0 Å². The third-order valence-electron chi connectivity index (χ3n) is 6.80. The Balaban J connectivity index is 1.76. The molecule has 0 spiro atoms. The predicted molar refractivity (Wildman–Crippen MR) is 168 cm³/mol. The van der Waals surface area contributed by atoms with Gasteiger partial charge in [-0.1, -0.05) is 123 Å². The fraction of sp³-hybridized carbons (Fsp3) is 0.125. The van der Waals surface area contributed by atoms with Crippen LogP contribution in [0.5, 0.6) is 0 Å². The molecule has 0 aliphatic heterocycles. The lowest BCUT2D eigenvalue weighted by molar-refractivity contribution is 0.787. The van der Waals surface area contributed by atoms with E-state index >= 15 is 0 Å². The Kier molecular flexibility index (Phi) is 7.14. The number of rotatable bonds is 8. The van der Waals surface area contributed by atoms with E-state index in [2.05, 4.69) is 48.6 Å². The first kappa shape index (κ1) is 25.3. The molecule has 39 heavy (non-hydrogen) atoms. The molecule has 0 radical (unpaired) electrons. The molecule has 0 atom stereocenters. The smallest absolute Gasteiger partial charge is 0.293 e. The number of nitrogens with zero attached hydrogens (tertiary/aromatic N) is 3. The van der Waals surface area contributed by atoms with E-state index in [0.717, 1.165) is 44.4 Å². The summed E-state index contributed by atoms with van der Waals surface area (Å²) in [5.41, 5.74) is 0.585. The summed E-state index contributed by atoms with van der Waals surface area (Å²) >= 11 is 1.48. The molecule has 0 saturated heterocycles. The minimum atomic E-state index is -2.67. The summed E-state index contributed by atoms with van der Waals surface area (Å²) in [6.07, 6.45) is 2.00. The molecule has 2 heterocycles. The highest BCUT2D eigenvalue weighted by Crippen LogP contribution is 2.47. The van der Waals surface area contributed by atoms with E-state index in [-0.39, 0.29) is 5.56 Å². The van der Waals surface area contributed by atoms with E-state index in [1.807, 2.05) is 78.9 Å². The van der Waals surface area contributed by atoms with Crippen molar-refractivity contribution in [3.63, 3.8) is 0 Å². The maximum atomic E-state index is 14.3. The van der Waals surface area contributed by atoms with Crippen LogP contribution in [0.15, 0.2) is 125 Å². The van der Waals surface area contributed by atoms with Gasteiger partial charge in [-0.3, -0.25) is 4.79 Å². The lowest BCUT2D eigenvalue weighted by Crippen LogP contribution is -2.29. The Hall–Kier alpha value is -3.99. The average molecular weight is 549 g/mol. The highest BCUT2D eigenvalue weighted by atomic mass is 32.1. The second-order valence-electron chi connectivity index (χ2n) is 9.34. The summed E-state index contributed by atoms with van der Waals surface area (Å²) in [5.74, 6) is 0.483. The SMILES string of the molecule is CCCCNc1nc2c(sc3ccccc32)c(=O)n1N=P(c1ccccc1)(c1ccccc1)c1ccccc1. The zero-order valence-corrected chi connectivity index (χ0v) is 23.4. The van der Waals surface area contributed by atoms with Gasteiger partial charge in [0.1, 0.15) is 4.70 Å². The molecule has 0 bridgehead atoms. The fourth-order valence-corrected chi connectivity index (χ4v) is 9.39. The standard InChI is InChI=1S/C32H29N4OPS/c1-2-3-23-33-32-34-29-27-21-13-14-22-28(27)39-30(29)31(37)36(32)35-38(24-15-7-4-8-16-24,25-17-9-5-10-18-25)26-19-11-6-12-20-26/h4-22H,2-3,23H2,1H3,(H,33,34). The molecule has 4 aromatic carbocycles. The van der Waals surface area contributed by atoms with Crippen LogP contribution in [-0.4, -0.2) is 16.2 Å². The molecule has 0 aliphatic carbocycles. The van der Waals surface area contributed by atoms with E-state index in [0.29, 0.717) is 17.2 Å². The molecule has 0 aliphatic rings. The topological polar surface area (TPSA) is 59.3 Å². The van der Waals surface area contributed by atoms with Crippen molar-refractivity contribution in [2.45, 2.75) is 19.8 Å². The number of aromatic nitrogens is 2. The maximum absolute atomic E-state index is 14.3. The second-order valence-corrected chi connectivity index (χ2v) is 13.4. The molecular formula is C32H29N4OPS. The summed E-state index contributed by atoms with van der Waals surface area (Å²) in [6.45, 7) is 2.86. The van der Waals surface area contributed by atoms with Gasteiger partial charge in [0, 0.05) is 32.5 Å². The van der Waals surface area contributed by atoms with Crippen LogP contribution in [0.3, 0.4) is 0 Å². The van der Waals surface area contributed by atoms with Gasteiger partial charge in [-0.2, -0.15) is 9.53 Å². The molecule has 6 aromatic rings. The Labute approximate surface area is 231 Å². The van der Waals surface area contributed by atoms with Crippen molar-refractivity contribution in [3.8, 4) is 0 Å². The first-order valence-corrected chi connectivity index (χ1v) is 15.8. The molecule has 0 fully saturated rings. The van der Waals surface area contributed by atoms with Crippen LogP contribution in [-0.2, 0) is 0 Å². The summed E-state index contributed by atoms with van der Waals surface area (Å²) in [7, 11) is -2.67. The molecule has 0 amide bonds. The molecular weight excluding hydrogens is 519 g/mol. The first-order valence-electron chi connectivity index (χ1n) is 13.2. The number of hydrogen-bond donors (Lipinski definition) is 1. The fourth-order valence-electron chi connectivity index (χ4n) is 4.88. The molecule has 0 unspecified atom stereocenters. The third kappa shape index (κ3) is 4.60. The summed E-state index contributed by atoms with van der Waals surface area (Å²) in [6, 6.07) is 39.1. The van der Waals surface area contributed by atoms with Crippen LogP contribution < -0.4 is 26.8 Å². The molecule has 2 aromatic heterocycles. The molecule has 0 saturated carbocycles. The van der Waals surface area contributed by atoms with Crippen molar-refractivity contribution in [2.24, 2.45) is 4.85 Å². The largest absolute Gasteiger partial charge is 0.354 e. The quantitative estimate of drug-likeness (QED) is 0.169. The summed E-state index contributed by atoms with van der Waals surface area (Å²) in [4.78, 5) is 24.9. The van der Waals surface area contributed by atoms with Gasteiger partial charge in [0.2, 0.25) is 5.95 Å². The number of fused-ring (bicyclic) bond motifs is 3. The normalized spacial score (nSPS) is 11.6. The van der Waals surface area contributed by atoms with Crippen LogP contribution in [0.4, 0.5) is 5.95 Å². The monoisotopic (exact) mass is 548 g/mol. The lowest BCUT2D eigenvalue weighted by Gasteiger charge is -2.27. The van der Waals surface area contributed by atoms with E-state index in [9.17, 15) is 4.79 Å². The summed E-state index contributed by atoms with van der Waals surface area (Å²) < 4.78 is 3.21. The van der Waals surface area contributed by atoms with E-state index < -0.39 is 7.05 Å². The Bertz CT molecular complexity index is 1740. The Morgan fingerprint density at radius 3 is 1.90 bits per heavy atom. The summed E-state index contributed by atoms with van der Waals surface area (Å²) in [5, 5.41) is 7.68. The second kappa shape index (κ2) is 11.0. The van der Waals surface area contributed by atoms with E-state index in [1.165, 1.54) is 11.3 Å². The third-order valence-corrected chi connectivity index (χ3v) is 11.5. The molecule has 1 N–H and O–H groups in total. The highest BCUT2D eigenvalue weighted by Gasteiger charge is 2.29. The van der Waals surface area contributed by atoms with Gasteiger partial charge in [0.25, 0.3) is 5.56 Å². The Morgan fingerprint density at radius 1 is 0.795 bits per heavy atom. The van der Waals surface area contributed by atoms with Crippen LogP contribution in [0.1, 0.15) is 19.8 Å². The number of anilines is 1. The number of hydrogen-bond acceptors (Lipinski definition) is 5. The maximum Gasteiger partial charge on any atom is 0.293 e. The van der Waals surface area contributed by atoms with Crippen LogP contribution >= 0.6 is 18.4 Å². The number of thiophene rings is 1. The van der Waals surface area contributed by atoms with Gasteiger partial charge in [-0.05, 0) is 12.5 Å². The van der Waals surface area contributed by atoms with Gasteiger partial charge in [0.15, 0.2) is 0 Å². The lowest BCUT2D eigenvalue weighted by atomic mass is 10.2. The predicted octanol–water partition coefficient (Wildman–Crippen LogP) is 6.76. The van der Waals surface area contributed by atoms with Crippen molar-refractivity contribution in [2.75, 3.05) is 11.9 Å². The highest BCUT2D eigenvalue weighted by molar-refractivity contribution is 7.87. The van der Waals surface area contributed by atoms with Crippen molar-refractivity contribution in [1.82, 2.24) is 9.66 Å². The van der Waals surface area contributed by atoms with Crippen molar-refractivity contribution >= 4 is 60.6 Å². The van der Waals surface area contributed by atoms with Gasteiger partial charge in [-0.15, -0.1) is 11.3 Å². The molecule has 194 valence electrons. The van der Waals surface area contributed by atoms with Crippen LogP contribution in [0.2, 0.25) is 0 Å². The average Bonchev–Trinajstić information content (AvgIpc) is 3.38. The number of benzene rings is 4. The van der Waals surface area contributed by atoms with Gasteiger partial charge < -0.3 is 5.32 Å². The van der Waals surface area contributed by atoms with Gasteiger partial charge >= 0.3 is 0 Å². The van der Waals surface area contributed by atoms with E-state index in [1.54, 1.807) is 4.68 Å². The van der Waals surface area contributed by atoms with E-state index in [4.69, 9.17) is 9.84 Å². The number of nitrogens with one attached hydrogen (secondary N) is 1. The van der Waals surface area contributed by atoms with Crippen molar-refractivity contribution in [1.29, 1.82) is 0 Å². The first-order chi connectivity index (χ1) is 19.2. The Morgan fingerprint density at radius 2 is 1.33 bits per heavy atom. The molecule has 5 nitrogen and oxygen atoms in total. The zero-order valence-electron chi connectivity index (χ0n) is 21.7. The molecule has 6 rings (SSSR count). The minimum Gasteiger partial charge on any atom is -0.354 e. The minimum absolute atomic E-state index is 0.146. The number of unbranched alkanes of at least 4 members (excludes halogenated alkanes) is 1. The van der Waals surface area contributed by atoms with Gasteiger partial charge in [-0.25, -0.2) is 4.98 Å². The van der Waals surface area contributed by atoms with Crippen LogP contribution in [0.25, 0.3) is 20.3 Å².